The van der Waals surface area contributed by atoms with Gasteiger partial charge in [0, 0.05) is 25.2 Å². The molecule has 0 saturated carbocycles. The number of piperidine rings is 1. The van der Waals surface area contributed by atoms with Crippen molar-refractivity contribution >= 4 is 5.69 Å². The molecule has 1 saturated heterocycles. The van der Waals surface area contributed by atoms with Gasteiger partial charge in [-0.25, -0.2) is 0 Å². The minimum atomic E-state index is 0.566. The summed E-state index contributed by atoms with van der Waals surface area (Å²) in [6.07, 6.45) is 2.41. The van der Waals surface area contributed by atoms with Gasteiger partial charge in [0.2, 0.25) is 0 Å². The zero-order chi connectivity index (χ0) is 13.7. The number of anilines is 1. The van der Waals surface area contributed by atoms with E-state index in [9.17, 15) is 0 Å². The number of para-hydroxylation sites is 2. The molecular formula is C16H26N2O. The molecule has 1 heterocycles. The lowest BCUT2D eigenvalue weighted by Gasteiger charge is -2.35. The SMILES string of the molecule is CCOc1ccccc1NC1CCN(C(C)C)CC1. The third-order valence-electron chi connectivity index (χ3n) is 3.81. The zero-order valence-corrected chi connectivity index (χ0v) is 12.4. The Hall–Kier alpha value is -1.22. The van der Waals surface area contributed by atoms with Crippen molar-refractivity contribution in [3.63, 3.8) is 0 Å². The molecule has 1 aliphatic rings. The fourth-order valence-corrected chi connectivity index (χ4v) is 2.65. The Bertz CT molecular complexity index is 384. The fourth-order valence-electron chi connectivity index (χ4n) is 2.65. The van der Waals surface area contributed by atoms with Gasteiger partial charge in [0.25, 0.3) is 0 Å². The third kappa shape index (κ3) is 3.87. The van der Waals surface area contributed by atoms with Crippen molar-refractivity contribution in [2.45, 2.75) is 45.7 Å². The molecule has 106 valence electrons. The van der Waals surface area contributed by atoms with Crippen molar-refractivity contribution in [1.82, 2.24) is 4.90 Å². The first-order valence-electron chi connectivity index (χ1n) is 7.43. The molecule has 0 aliphatic carbocycles. The van der Waals surface area contributed by atoms with Gasteiger partial charge in [0.1, 0.15) is 5.75 Å². The topological polar surface area (TPSA) is 24.5 Å². The van der Waals surface area contributed by atoms with Gasteiger partial charge >= 0.3 is 0 Å². The van der Waals surface area contributed by atoms with Crippen molar-refractivity contribution in [3.8, 4) is 5.75 Å². The second-order valence-corrected chi connectivity index (χ2v) is 5.48. The van der Waals surface area contributed by atoms with Crippen molar-refractivity contribution in [2.75, 3.05) is 25.0 Å². The molecule has 1 N–H and O–H groups in total. The van der Waals surface area contributed by atoms with E-state index in [1.165, 1.54) is 25.9 Å². The molecule has 0 radical (unpaired) electrons. The quantitative estimate of drug-likeness (QED) is 0.880. The molecule has 0 atom stereocenters. The van der Waals surface area contributed by atoms with E-state index in [4.69, 9.17) is 4.74 Å². The molecule has 3 heteroatoms. The number of hydrogen-bond donors (Lipinski definition) is 1. The molecule has 1 aromatic carbocycles. The van der Waals surface area contributed by atoms with Gasteiger partial charge in [-0.2, -0.15) is 0 Å². The standard InChI is InChI=1S/C16H26N2O/c1-4-19-16-8-6-5-7-15(16)17-14-9-11-18(12-10-14)13(2)3/h5-8,13-14,17H,4,9-12H2,1-3H3. The number of nitrogens with zero attached hydrogens (tertiary/aromatic N) is 1. The molecule has 1 aromatic rings. The molecule has 0 unspecified atom stereocenters. The second kappa shape index (κ2) is 6.80. The third-order valence-corrected chi connectivity index (χ3v) is 3.81. The first kappa shape index (κ1) is 14.2. The maximum atomic E-state index is 5.66. The van der Waals surface area contributed by atoms with Gasteiger partial charge in [0.05, 0.1) is 12.3 Å². The van der Waals surface area contributed by atoms with Crippen LogP contribution in [0.2, 0.25) is 0 Å². The van der Waals surface area contributed by atoms with Crippen LogP contribution < -0.4 is 10.1 Å². The number of ether oxygens (including phenoxy) is 1. The molecular weight excluding hydrogens is 236 g/mol. The Labute approximate surface area is 116 Å². The molecule has 2 rings (SSSR count). The lowest BCUT2D eigenvalue weighted by atomic mass is 10.0. The normalized spacial score (nSPS) is 17.7. The van der Waals surface area contributed by atoms with Crippen LogP contribution in [0.15, 0.2) is 24.3 Å². The number of likely N-dealkylation sites (tertiary alicyclic amines) is 1. The minimum absolute atomic E-state index is 0.566. The van der Waals surface area contributed by atoms with Crippen molar-refractivity contribution in [2.24, 2.45) is 0 Å². The van der Waals surface area contributed by atoms with Crippen molar-refractivity contribution < 1.29 is 4.74 Å². The molecule has 0 spiro atoms. The highest BCUT2D eigenvalue weighted by Crippen LogP contribution is 2.26. The number of rotatable bonds is 5. The van der Waals surface area contributed by atoms with Crippen LogP contribution in [0.1, 0.15) is 33.6 Å². The minimum Gasteiger partial charge on any atom is -0.492 e. The van der Waals surface area contributed by atoms with Gasteiger partial charge in [-0.05, 0) is 45.7 Å². The van der Waals surface area contributed by atoms with Gasteiger partial charge < -0.3 is 15.0 Å². The largest absolute Gasteiger partial charge is 0.492 e. The van der Waals surface area contributed by atoms with E-state index in [-0.39, 0.29) is 0 Å². The Morgan fingerprint density at radius 3 is 2.58 bits per heavy atom. The smallest absolute Gasteiger partial charge is 0.142 e. The van der Waals surface area contributed by atoms with Crippen LogP contribution in [0.25, 0.3) is 0 Å². The highest BCUT2D eigenvalue weighted by molar-refractivity contribution is 5.56. The van der Waals surface area contributed by atoms with E-state index in [0.29, 0.717) is 18.7 Å². The monoisotopic (exact) mass is 262 g/mol. The van der Waals surface area contributed by atoms with Crippen LogP contribution in [0, 0.1) is 0 Å². The van der Waals surface area contributed by atoms with Crippen LogP contribution in [-0.2, 0) is 0 Å². The van der Waals surface area contributed by atoms with E-state index in [1.807, 2.05) is 19.1 Å². The summed E-state index contributed by atoms with van der Waals surface area (Å²) in [4.78, 5) is 2.55. The molecule has 0 aromatic heterocycles. The zero-order valence-electron chi connectivity index (χ0n) is 12.4. The highest BCUT2D eigenvalue weighted by Gasteiger charge is 2.21. The summed E-state index contributed by atoms with van der Waals surface area (Å²) >= 11 is 0. The number of nitrogens with one attached hydrogen (secondary N) is 1. The summed E-state index contributed by atoms with van der Waals surface area (Å²) in [5.74, 6) is 0.969. The number of benzene rings is 1. The van der Waals surface area contributed by atoms with Gasteiger partial charge in [-0.3, -0.25) is 0 Å². The van der Waals surface area contributed by atoms with Gasteiger partial charge in [-0.1, -0.05) is 12.1 Å². The van der Waals surface area contributed by atoms with Crippen LogP contribution in [-0.4, -0.2) is 36.7 Å². The van der Waals surface area contributed by atoms with E-state index in [2.05, 4.69) is 36.2 Å². The van der Waals surface area contributed by atoms with Gasteiger partial charge in [-0.15, -0.1) is 0 Å². The van der Waals surface area contributed by atoms with E-state index in [1.54, 1.807) is 0 Å². The molecule has 3 nitrogen and oxygen atoms in total. The summed E-state index contributed by atoms with van der Waals surface area (Å²) in [6, 6.07) is 9.47. The van der Waals surface area contributed by atoms with Crippen LogP contribution in [0.3, 0.4) is 0 Å². The summed E-state index contributed by atoms with van der Waals surface area (Å²) < 4.78 is 5.66. The Balaban J connectivity index is 1.92. The molecule has 1 aliphatic heterocycles. The van der Waals surface area contributed by atoms with Crippen molar-refractivity contribution in [3.05, 3.63) is 24.3 Å². The lowest BCUT2D eigenvalue weighted by Crippen LogP contribution is -2.42. The second-order valence-electron chi connectivity index (χ2n) is 5.48. The maximum Gasteiger partial charge on any atom is 0.142 e. The average Bonchev–Trinajstić information content (AvgIpc) is 2.42. The molecule has 0 amide bonds. The summed E-state index contributed by atoms with van der Waals surface area (Å²) in [7, 11) is 0. The molecule has 1 fully saturated rings. The predicted molar refractivity (Wildman–Crippen MR) is 81.0 cm³/mol. The van der Waals surface area contributed by atoms with Crippen LogP contribution in [0.5, 0.6) is 5.75 Å². The highest BCUT2D eigenvalue weighted by atomic mass is 16.5. The molecule has 19 heavy (non-hydrogen) atoms. The Kier molecular flexibility index (Phi) is 5.08. The number of hydrogen-bond acceptors (Lipinski definition) is 3. The van der Waals surface area contributed by atoms with Crippen LogP contribution in [0.4, 0.5) is 5.69 Å². The van der Waals surface area contributed by atoms with Crippen LogP contribution >= 0.6 is 0 Å². The van der Waals surface area contributed by atoms with Crippen molar-refractivity contribution in [1.29, 1.82) is 0 Å². The van der Waals surface area contributed by atoms with E-state index < -0.39 is 0 Å². The Morgan fingerprint density at radius 2 is 1.95 bits per heavy atom. The maximum absolute atomic E-state index is 5.66. The Morgan fingerprint density at radius 1 is 1.26 bits per heavy atom. The fraction of sp³-hybridized carbons (Fsp3) is 0.625. The van der Waals surface area contributed by atoms with Gasteiger partial charge in [0.15, 0.2) is 0 Å². The lowest BCUT2D eigenvalue weighted by molar-refractivity contribution is 0.177. The molecule has 0 bridgehead atoms. The average molecular weight is 262 g/mol. The predicted octanol–water partition coefficient (Wildman–Crippen LogP) is 3.37. The first-order chi connectivity index (χ1) is 9.20. The summed E-state index contributed by atoms with van der Waals surface area (Å²) in [5.41, 5.74) is 1.13. The summed E-state index contributed by atoms with van der Waals surface area (Å²) in [6.45, 7) is 9.66. The van der Waals surface area contributed by atoms with E-state index in [0.717, 1.165) is 11.4 Å². The first-order valence-corrected chi connectivity index (χ1v) is 7.43. The summed E-state index contributed by atoms with van der Waals surface area (Å²) in [5, 5.41) is 3.64. The van der Waals surface area contributed by atoms with E-state index >= 15 is 0 Å².